The molecule has 11 nitrogen and oxygen atoms in total. The average Bonchev–Trinajstić information content (AvgIpc) is 3.11. The number of hydrogen-bond acceptors (Lipinski definition) is 8. The van der Waals surface area contributed by atoms with Gasteiger partial charge in [0.15, 0.2) is 6.23 Å². The first-order chi connectivity index (χ1) is 17.5. The SMILES string of the molecule is [C-]#[N+]CCOP(O[C@H]1[C@@H](OC)[C@H](n2cc(C)c(=O)[nH]c2=O)O[C@@H]1CC(F)(F)P(C)(C)=O)N(C(C)C)C(C)C. The first-order valence-corrected chi connectivity index (χ1v) is 15.9. The predicted molar refractivity (Wildman–Crippen MR) is 141 cm³/mol. The van der Waals surface area contributed by atoms with Gasteiger partial charge in [-0.1, -0.05) is 0 Å². The van der Waals surface area contributed by atoms with Crippen LogP contribution in [0.4, 0.5) is 8.78 Å². The number of methoxy groups -OCH3 is 1. The average molecular weight is 583 g/mol. The van der Waals surface area contributed by atoms with Gasteiger partial charge in [0.2, 0.25) is 6.54 Å². The monoisotopic (exact) mass is 582 g/mol. The van der Waals surface area contributed by atoms with Crippen molar-refractivity contribution in [1.29, 1.82) is 0 Å². The number of aromatic amines is 1. The number of alkyl halides is 2. The number of hydrogen-bond donors (Lipinski definition) is 1. The molecule has 1 unspecified atom stereocenters. The third-order valence-corrected chi connectivity index (χ3v) is 9.96. The fraction of sp³-hybridized carbons (Fsp3) is 0.783. The Morgan fingerprint density at radius 2 is 1.87 bits per heavy atom. The minimum atomic E-state index is -3.89. The zero-order chi connectivity index (χ0) is 29.0. The van der Waals surface area contributed by atoms with Crippen LogP contribution in [0.25, 0.3) is 4.85 Å². The first kappa shape index (κ1) is 32.7. The molecule has 15 heteroatoms. The highest BCUT2D eigenvalue weighted by molar-refractivity contribution is 7.63. The maximum atomic E-state index is 15.1. The molecule has 2 rings (SSSR count). The van der Waals surface area contributed by atoms with Gasteiger partial charge in [-0.2, -0.15) is 8.78 Å². The number of rotatable bonds is 13. The van der Waals surface area contributed by atoms with Gasteiger partial charge in [0.05, 0.1) is 6.10 Å². The molecule has 0 bridgehead atoms. The lowest BCUT2D eigenvalue weighted by Gasteiger charge is -2.38. The van der Waals surface area contributed by atoms with Crippen LogP contribution in [-0.4, -0.2) is 83.9 Å². The lowest BCUT2D eigenvalue weighted by atomic mass is 10.1. The van der Waals surface area contributed by atoms with Crippen molar-refractivity contribution in [3.8, 4) is 0 Å². The lowest BCUT2D eigenvalue weighted by Crippen LogP contribution is -2.42. The van der Waals surface area contributed by atoms with Gasteiger partial charge in [-0.25, -0.2) is 16.0 Å². The van der Waals surface area contributed by atoms with Crippen molar-refractivity contribution < 1.29 is 31.9 Å². The molecule has 1 aliphatic heterocycles. The summed E-state index contributed by atoms with van der Waals surface area (Å²) in [5, 5.41) is 0. The predicted octanol–water partition coefficient (Wildman–Crippen LogP) is 4.03. The Labute approximate surface area is 222 Å². The van der Waals surface area contributed by atoms with Crippen LogP contribution in [0.15, 0.2) is 15.8 Å². The molecule has 1 aromatic heterocycles. The quantitative estimate of drug-likeness (QED) is 0.211. The molecule has 0 aliphatic carbocycles. The summed E-state index contributed by atoms with van der Waals surface area (Å²) in [6, 6.07) is -0.131. The van der Waals surface area contributed by atoms with E-state index in [2.05, 4.69) is 9.83 Å². The molecule has 0 spiro atoms. The summed E-state index contributed by atoms with van der Waals surface area (Å²) in [6.45, 7) is 18.4. The first-order valence-electron chi connectivity index (χ1n) is 12.2. The Bertz CT molecular complexity index is 1140. The minimum Gasteiger partial charge on any atom is -0.374 e. The van der Waals surface area contributed by atoms with Crippen molar-refractivity contribution >= 4 is 15.7 Å². The van der Waals surface area contributed by atoms with E-state index >= 15 is 8.78 Å². The number of aromatic nitrogens is 2. The molecule has 0 radical (unpaired) electrons. The summed E-state index contributed by atoms with van der Waals surface area (Å²) in [6.07, 6.45) is -4.49. The van der Waals surface area contributed by atoms with Gasteiger partial charge in [0.1, 0.15) is 26.0 Å². The molecule has 1 aliphatic rings. The molecule has 216 valence electrons. The molecular formula is C23H38F2N4O7P2. The molecular weight excluding hydrogens is 544 g/mol. The number of nitrogens with one attached hydrogen (secondary N) is 1. The number of halogens is 2. The topological polar surface area (TPSA) is 116 Å². The van der Waals surface area contributed by atoms with Crippen LogP contribution in [0.1, 0.15) is 45.9 Å². The summed E-state index contributed by atoms with van der Waals surface area (Å²) in [4.78, 5) is 30.1. The van der Waals surface area contributed by atoms with E-state index in [0.29, 0.717) is 0 Å². The summed E-state index contributed by atoms with van der Waals surface area (Å²) in [5.74, 6) is 0. The van der Waals surface area contributed by atoms with Crippen LogP contribution in [-0.2, 0) is 23.1 Å². The molecule has 1 aromatic rings. The van der Waals surface area contributed by atoms with E-state index in [-0.39, 0.29) is 30.8 Å². The lowest BCUT2D eigenvalue weighted by molar-refractivity contribution is -0.0701. The van der Waals surface area contributed by atoms with Gasteiger partial charge >= 0.3 is 5.69 Å². The van der Waals surface area contributed by atoms with E-state index in [1.165, 1.54) is 20.2 Å². The summed E-state index contributed by atoms with van der Waals surface area (Å²) in [7, 11) is -4.45. The molecule has 2 heterocycles. The third kappa shape index (κ3) is 7.57. The van der Waals surface area contributed by atoms with Crippen molar-refractivity contribution in [3.63, 3.8) is 0 Å². The molecule has 1 fully saturated rings. The van der Waals surface area contributed by atoms with E-state index in [1.807, 2.05) is 32.4 Å². The molecule has 38 heavy (non-hydrogen) atoms. The van der Waals surface area contributed by atoms with Crippen LogP contribution in [0, 0.1) is 13.5 Å². The van der Waals surface area contributed by atoms with E-state index in [0.717, 1.165) is 17.9 Å². The molecule has 0 aromatic carbocycles. The second-order valence-corrected chi connectivity index (χ2v) is 14.8. The fourth-order valence-electron chi connectivity index (χ4n) is 4.10. The molecule has 0 amide bonds. The van der Waals surface area contributed by atoms with E-state index in [4.69, 9.17) is 25.1 Å². The van der Waals surface area contributed by atoms with Crippen LogP contribution in [0.5, 0.6) is 0 Å². The van der Waals surface area contributed by atoms with Crippen molar-refractivity contribution in [2.24, 2.45) is 0 Å². The standard InChI is InChI=1S/C23H38F2N4O7P2/c1-14(2)29(15(3)4)37(34-11-10-26-6)36-18-17(12-23(24,25)38(8,9)32)35-21(19(18)33-7)28-13-16(5)20(30)27-22(28)31/h13-15,17-19,21H,10-12H2,1-5,7-9H3,(H,27,30,31)/t17-,18-,19-,21-,37?/m1/s1. The highest BCUT2D eigenvalue weighted by Crippen LogP contribution is 2.58. The Morgan fingerprint density at radius 3 is 2.37 bits per heavy atom. The number of aryl methyl sites for hydroxylation is 1. The van der Waals surface area contributed by atoms with Crippen LogP contribution in [0.2, 0.25) is 0 Å². The zero-order valence-electron chi connectivity index (χ0n) is 23.0. The van der Waals surface area contributed by atoms with Gasteiger partial charge in [0, 0.05) is 37.4 Å². The number of ether oxygens (including phenoxy) is 2. The third-order valence-electron chi connectivity index (χ3n) is 6.08. The molecule has 0 saturated carbocycles. The summed E-state index contributed by atoms with van der Waals surface area (Å²) in [5.41, 5.74) is -4.79. The highest BCUT2D eigenvalue weighted by Gasteiger charge is 2.55. The van der Waals surface area contributed by atoms with E-state index in [9.17, 15) is 14.2 Å². The van der Waals surface area contributed by atoms with Gasteiger partial charge < -0.3 is 27.9 Å². The minimum absolute atomic E-state index is 0.0539. The van der Waals surface area contributed by atoms with E-state index in [1.54, 1.807) is 0 Å². The number of nitrogens with zero attached hydrogens (tertiary/aromatic N) is 3. The van der Waals surface area contributed by atoms with Gasteiger partial charge in [0.25, 0.3) is 19.7 Å². The molecule has 1 saturated heterocycles. The summed E-state index contributed by atoms with van der Waals surface area (Å²) < 4.78 is 69.5. The summed E-state index contributed by atoms with van der Waals surface area (Å²) >= 11 is 0. The van der Waals surface area contributed by atoms with Crippen molar-refractivity contribution in [2.75, 3.05) is 33.6 Å². The zero-order valence-corrected chi connectivity index (χ0v) is 24.8. The second-order valence-electron chi connectivity index (χ2n) is 10.1. The van der Waals surface area contributed by atoms with Crippen molar-refractivity contribution in [2.45, 2.75) is 83.3 Å². The molecule has 5 atom stereocenters. The largest absolute Gasteiger partial charge is 0.374 e. The molecule has 1 N–H and O–H groups in total. The van der Waals surface area contributed by atoms with Crippen LogP contribution < -0.4 is 11.2 Å². The smallest absolute Gasteiger partial charge is 0.330 e. The van der Waals surface area contributed by atoms with Crippen LogP contribution in [0.3, 0.4) is 0 Å². The van der Waals surface area contributed by atoms with Crippen molar-refractivity contribution in [3.05, 3.63) is 44.0 Å². The number of H-pyrrole nitrogens is 1. The fourth-order valence-corrected chi connectivity index (χ4v) is 6.48. The normalized spacial score (nSPS) is 23.4. The Morgan fingerprint density at radius 1 is 1.26 bits per heavy atom. The maximum absolute atomic E-state index is 15.1. The van der Waals surface area contributed by atoms with Crippen molar-refractivity contribution in [1.82, 2.24) is 14.2 Å². The van der Waals surface area contributed by atoms with Gasteiger partial charge in [-0.05, 0) is 47.9 Å². The Hall–Kier alpha value is -1.51. The van der Waals surface area contributed by atoms with Gasteiger partial charge in [-0.3, -0.25) is 14.3 Å². The van der Waals surface area contributed by atoms with E-state index < -0.39 is 63.5 Å². The highest BCUT2D eigenvalue weighted by atomic mass is 31.2. The van der Waals surface area contributed by atoms with Crippen LogP contribution >= 0.6 is 15.7 Å². The Balaban J connectivity index is 2.59. The maximum Gasteiger partial charge on any atom is 0.330 e. The Kier molecular flexibility index (Phi) is 11.4. The second kappa shape index (κ2) is 13.2. The van der Waals surface area contributed by atoms with Gasteiger partial charge in [-0.15, -0.1) is 0 Å².